The number of benzene rings is 1. The molecule has 6 heteroatoms. The highest BCUT2D eigenvalue weighted by molar-refractivity contribution is 6.12. The number of H-pyrrole nitrogens is 1. The minimum absolute atomic E-state index is 0.226. The molecule has 6 nitrogen and oxygen atoms in total. The zero-order valence-electron chi connectivity index (χ0n) is 11.7. The number of amides is 1. The summed E-state index contributed by atoms with van der Waals surface area (Å²) in [5.74, 6) is 0.384. The molecule has 2 aromatic heterocycles. The van der Waals surface area contributed by atoms with Gasteiger partial charge in [0.05, 0.1) is 7.11 Å². The molecule has 0 radical (unpaired) electrons. The fourth-order valence-corrected chi connectivity index (χ4v) is 2.15. The van der Waals surface area contributed by atoms with E-state index in [1.165, 1.54) is 7.11 Å². The predicted molar refractivity (Wildman–Crippen MR) is 79.6 cm³/mol. The van der Waals surface area contributed by atoms with E-state index in [1.807, 2.05) is 25.1 Å². The van der Waals surface area contributed by atoms with E-state index in [1.54, 1.807) is 18.3 Å². The van der Waals surface area contributed by atoms with Crippen LogP contribution in [0.4, 0.5) is 5.95 Å². The number of hydrogen-bond acceptors (Lipinski definition) is 4. The number of aromatic nitrogens is 3. The number of ether oxygens (including phenoxy) is 1. The number of anilines is 1. The first-order valence-corrected chi connectivity index (χ1v) is 6.44. The molecule has 21 heavy (non-hydrogen) atoms. The molecule has 0 aliphatic heterocycles. The first kappa shape index (κ1) is 13.1. The van der Waals surface area contributed by atoms with Gasteiger partial charge in [0.15, 0.2) is 0 Å². The molecule has 0 saturated carbocycles. The number of fused-ring (bicyclic) bond motifs is 1. The van der Waals surface area contributed by atoms with Gasteiger partial charge in [0.2, 0.25) is 11.8 Å². The zero-order valence-corrected chi connectivity index (χ0v) is 11.7. The first-order valence-electron chi connectivity index (χ1n) is 6.44. The number of aryl methyl sites for hydroxylation is 1. The largest absolute Gasteiger partial charge is 0.481 e. The molecule has 3 rings (SSSR count). The number of carbonyl (C=O) groups excluding carboxylic acids is 1. The second-order valence-electron chi connectivity index (χ2n) is 4.57. The van der Waals surface area contributed by atoms with Crippen LogP contribution in [-0.2, 0) is 0 Å². The van der Waals surface area contributed by atoms with Gasteiger partial charge in [-0.25, -0.2) is 4.98 Å². The van der Waals surface area contributed by atoms with Crippen LogP contribution in [0.3, 0.4) is 0 Å². The number of rotatable bonds is 3. The summed E-state index contributed by atoms with van der Waals surface area (Å²) in [4.78, 5) is 23.8. The maximum absolute atomic E-state index is 12.4. The minimum Gasteiger partial charge on any atom is -0.481 e. The second kappa shape index (κ2) is 5.24. The van der Waals surface area contributed by atoms with Gasteiger partial charge in [-0.05, 0) is 25.1 Å². The van der Waals surface area contributed by atoms with Crippen LogP contribution < -0.4 is 10.1 Å². The predicted octanol–water partition coefficient (Wildman–Crippen LogP) is 2.53. The Hall–Kier alpha value is -2.89. The van der Waals surface area contributed by atoms with E-state index in [9.17, 15) is 4.79 Å². The normalized spacial score (nSPS) is 10.6. The van der Waals surface area contributed by atoms with Crippen LogP contribution in [0.2, 0.25) is 0 Å². The van der Waals surface area contributed by atoms with Crippen LogP contribution in [0.1, 0.15) is 16.1 Å². The molecule has 0 saturated heterocycles. The quantitative estimate of drug-likeness (QED) is 0.773. The number of nitrogens with one attached hydrogen (secondary N) is 2. The van der Waals surface area contributed by atoms with Crippen molar-refractivity contribution < 1.29 is 9.53 Å². The van der Waals surface area contributed by atoms with E-state index < -0.39 is 0 Å². The van der Waals surface area contributed by atoms with Crippen LogP contribution in [0.15, 0.2) is 36.5 Å². The summed E-state index contributed by atoms with van der Waals surface area (Å²) in [6, 6.07) is 9.06. The topological polar surface area (TPSA) is 79.9 Å². The van der Waals surface area contributed by atoms with Gasteiger partial charge in [-0.3, -0.25) is 10.1 Å². The van der Waals surface area contributed by atoms with E-state index in [0.29, 0.717) is 11.4 Å². The maximum atomic E-state index is 12.4. The van der Waals surface area contributed by atoms with E-state index >= 15 is 0 Å². The van der Waals surface area contributed by atoms with Gasteiger partial charge in [-0.15, -0.1) is 0 Å². The molecule has 0 bridgehead atoms. The Balaban J connectivity index is 1.93. The SMILES string of the molecule is COc1cc(C)nc(NC(=O)c2cccc3[nH]ccc23)n1. The molecule has 0 unspecified atom stereocenters. The van der Waals surface area contributed by atoms with Gasteiger partial charge < -0.3 is 9.72 Å². The van der Waals surface area contributed by atoms with E-state index in [2.05, 4.69) is 20.3 Å². The molecule has 1 amide bonds. The number of carbonyl (C=O) groups is 1. The molecule has 0 fully saturated rings. The highest BCUT2D eigenvalue weighted by Gasteiger charge is 2.12. The summed E-state index contributed by atoms with van der Waals surface area (Å²) in [6.45, 7) is 1.81. The van der Waals surface area contributed by atoms with Gasteiger partial charge in [0, 0.05) is 34.4 Å². The Bertz CT molecular complexity index is 810. The van der Waals surface area contributed by atoms with Gasteiger partial charge in [0.1, 0.15) is 0 Å². The van der Waals surface area contributed by atoms with Crippen LogP contribution >= 0.6 is 0 Å². The fraction of sp³-hybridized carbons (Fsp3) is 0.133. The monoisotopic (exact) mass is 282 g/mol. The molecule has 1 aromatic carbocycles. The number of methoxy groups -OCH3 is 1. The summed E-state index contributed by atoms with van der Waals surface area (Å²) in [7, 11) is 1.52. The third-order valence-corrected chi connectivity index (χ3v) is 3.10. The number of aromatic amines is 1. The summed E-state index contributed by atoms with van der Waals surface area (Å²) in [6.07, 6.45) is 1.80. The lowest BCUT2D eigenvalue weighted by molar-refractivity contribution is 0.102. The minimum atomic E-state index is -0.257. The van der Waals surface area contributed by atoms with Crippen LogP contribution in [0.25, 0.3) is 10.9 Å². The third kappa shape index (κ3) is 2.55. The summed E-state index contributed by atoms with van der Waals surface area (Å²) < 4.78 is 5.07. The van der Waals surface area contributed by atoms with E-state index in [-0.39, 0.29) is 11.9 Å². The first-order chi connectivity index (χ1) is 10.2. The number of nitrogens with zero attached hydrogens (tertiary/aromatic N) is 2. The molecule has 2 heterocycles. The van der Waals surface area contributed by atoms with Gasteiger partial charge >= 0.3 is 0 Å². The van der Waals surface area contributed by atoms with Gasteiger partial charge in [-0.1, -0.05) is 6.07 Å². The van der Waals surface area contributed by atoms with E-state index in [4.69, 9.17) is 4.74 Å². The summed E-state index contributed by atoms with van der Waals surface area (Å²) in [5, 5.41) is 3.56. The van der Waals surface area contributed by atoms with Crippen molar-refractivity contribution in [1.29, 1.82) is 0 Å². The Kier molecular flexibility index (Phi) is 3.27. The highest BCUT2D eigenvalue weighted by Crippen LogP contribution is 2.19. The van der Waals surface area contributed by atoms with Crippen LogP contribution in [-0.4, -0.2) is 28.0 Å². The smallest absolute Gasteiger partial charge is 0.258 e. The lowest BCUT2D eigenvalue weighted by Gasteiger charge is -2.07. The van der Waals surface area contributed by atoms with Crippen molar-refractivity contribution >= 4 is 22.8 Å². The van der Waals surface area contributed by atoms with Crippen molar-refractivity contribution in [2.24, 2.45) is 0 Å². The molecule has 0 atom stereocenters. The van der Waals surface area contributed by atoms with Crippen molar-refractivity contribution in [2.45, 2.75) is 6.92 Å². The Morgan fingerprint density at radius 1 is 1.29 bits per heavy atom. The maximum Gasteiger partial charge on any atom is 0.258 e. The zero-order chi connectivity index (χ0) is 14.8. The van der Waals surface area contributed by atoms with E-state index in [0.717, 1.165) is 16.6 Å². The lowest BCUT2D eigenvalue weighted by Crippen LogP contribution is -2.15. The average Bonchev–Trinajstić information content (AvgIpc) is 2.94. The molecule has 106 valence electrons. The highest BCUT2D eigenvalue weighted by atomic mass is 16.5. The molecule has 0 spiro atoms. The van der Waals surface area contributed by atoms with Crippen LogP contribution in [0.5, 0.6) is 5.88 Å². The average molecular weight is 282 g/mol. The third-order valence-electron chi connectivity index (χ3n) is 3.10. The molecule has 2 N–H and O–H groups in total. The molecular formula is C15H14N4O2. The molecule has 0 aliphatic rings. The van der Waals surface area contributed by atoms with Gasteiger partial charge in [-0.2, -0.15) is 4.98 Å². The summed E-state index contributed by atoms with van der Waals surface area (Å²) in [5.41, 5.74) is 2.19. The number of hydrogen-bond donors (Lipinski definition) is 2. The fourth-order valence-electron chi connectivity index (χ4n) is 2.15. The molecule has 3 aromatic rings. The standard InChI is InChI=1S/C15H14N4O2/c1-9-8-13(21-2)18-15(17-9)19-14(20)11-4-3-5-12-10(11)6-7-16-12/h3-8,16H,1-2H3,(H,17,18,19,20). The molecular weight excluding hydrogens is 268 g/mol. The Morgan fingerprint density at radius 2 is 2.14 bits per heavy atom. The van der Waals surface area contributed by atoms with Crippen molar-refractivity contribution in [3.63, 3.8) is 0 Å². The van der Waals surface area contributed by atoms with Crippen molar-refractivity contribution in [2.75, 3.05) is 12.4 Å². The Morgan fingerprint density at radius 3 is 2.95 bits per heavy atom. The lowest BCUT2D eigenvalue weighted by atomic mass is 10.1. The van der Waals surface area contributed by atoms with Crippen molar-refractivity contribution in [1.82, 2.24) is 15.0 Å². The van der Waals surface area contributed by atoms with Crippen molar-refractivity contribution in [3.05, 3.63) is 47.8 Å². The molecule has 0 aliphatic carbocycles. The summed E-state index contributed by atoms with van der Waals surface area (Å²) >= 11 is 0. The second-order valence-corrected chi connectivity index (χ2v) is 4.57. The van der Waals surface area contributed by atoms with Crippen molar-refractivity contribution in [3.8, 4) is 5.88 Å². The van der Waals surface area contributed by atoms with Gasteiger partial charge in [0.25, 0.3) is 5.91 Å². The van der Waals surface area contributed by atoms with Crippen LogP contribution in [0, 0.1) is 6.92 Å². The Labute approximate surface area is 121 Å².